The Kier molecular flexibility index (Phi) is 3.41. The highest BCUT2D eigenvalue weighted by Crippen LogP contribution is 2.30. The van der Waals surface area contributed by atoms with Crippen molar-refractivity contribution in [2.45, 2.75) is 12.5 Å². The molecule has 1 atom stereocenters. The molecule has 1 aliphatic heterocycles. The second-order valence-electron chi connectivity index (χ2n) is 4.61. The average Bonchev–Trinajstić information content (AvgIpc) is 3.03. The molecule has 0 aromatic carbocycles. The quantitative estimate of drug-likeness (QED) is 0.869. The van der Waals surface area contributed by atoms with Crippen LogP contribution in [0.15, 0.2) is 12.3 Å². The number of rotatable bonds is 2. The fourth-order valence-corrected chi connectivity index (χ4v) is 2.99. The predicted molar refractivity (Wildman–Crippen MR) is 77.2 cm³/mol. The Bertz CT molecular complexity index is 644. The lowest BCUT2D eigenvalue weighted by atomic mass is 10.3. The summed E-state index contributed by atoms with van der Waals surface area (Å²) in [6.45, 7) is 1.26. The van der Waals surface area contributed by atoms with Gasteiger partial charge in [-0.05, 0) is 6.42 Å². The molecule has 20 heavy (non-hydrogen) atoms. The molecule has 8 heteroatoms. The molecule has 0 spiro atoms. The average molecular weight is 293 g/mol. The molecule has 0 unspecified atom stereocenters. The number of nitrogens with one attached hydrogen (secondary N) is 1. The van der Waals surface area contributed by atoms with Crippen LogP contribution in [-0.4, -0.2) is 47.1 Å². The number of hydrogen-bond acceptors (Lipinski definition) is 6. The predicted octanol–water partition coefficient (Wildman–Crippen LogP) is 1.26. The molecule has 2 amide bonds. The first-order valence-corrected chi connectivity index (χ1v) is 7.10. The van der Waals surface area contributed by atoms with Crippen LogP contribution in [0.4, 0.5) is 9.93 Å². The number of nitrogens with zero attached hydrogens (tertiary/aromatic N) is 3. The third-order valence-corrected chi connectivity index (χ3v) is 4.08. The van der Waals surface area contributed by atoms with Crippen molar-refractivity contribution in [3.63, 3.8) is 0 Å². The Morgan fingerprint density at radius 1 is 1.65 bits per heavy atom. The number of urea groups is 1. The van der Waals surface area contributed by atoms with Crippen LogP contribution in [0, 0.1) is 0 Å². The minimum absolute atomic E-state index is 0.0675. The monoisotopic (exact) mass is 293 g/mol. The summed E-state index contributed by atoms with van der Waals surface area (Å²) in [4.78, 5) is 23.1. The van der Waals surface area contributed by atoms with E-state index >= 15 is 0 Å². The molecule has 1 fully saturated rings. The van der Waals surface area contributed by atoms with Crippen LogP contribution in [0.2, 0.25) is 0 Å². The lowest BCUT2D eigenvalue weighted by Crippen LogP contribution is -2.35. The SMILES string of the molecule is COc1ccnc2sc(NC(=O)N3CC[C@@H](N)C3)nc12. The number of hydrogen-bond donors (Lipinski definition) is 2. The summed E-state index contributed by atoms with van der Waals surface area (Å²) in [5.41, 5.74) is 6.45. The first kappa shape index (κ1) is 13.1. The van der Waals surface area contributed by atoms with Crippen molar-refractivity contribution < 1.29 is 9.53 Å². The Balaban J connectivity index is 1.79. The number of pyridine rings is 1. The van der Waals surface area contributed by atoms with E-state index in [4.69, 9.17) is 10.5 Å². The van der Waals surface area contributed by atoms with Gasteiger partial charge in [-0.25, -0.2) is 14.8 Å². The zero-order chi connectivity index (χ0) is 14.1. The minimum atomic E-state index is -0.170. The standard InChI is InChI=1S/C12H15N5O2S/c1-19-8-2-4-14-10-9(8)15-11(20-10)16-12(18)17-5-3-7(13)6-17/h2,4,7H,3,5-6,13H2,1H3,(H,15,16,18)/t7-/m1/s1. The molecule has 0 aliphatic carbocycles. The molecule has 0 bridgehead atoms. The van der Waals surface area contributed by atoms with Crippen LogP contribution in [-0.2, 0) is 0 Å². The smallest absolute Gasteiger partial charge is 0.323 e. The van der Waals surface area contributed by atoms with E-state index in [0.29, 0.717) is 29.5 Å². The molecule has 0 radical (unpaired) electrons. The number of ether oxygens (including phenoxy) is 1. The molecule has 2 aromatic rings. The second-order valence-corrected chi connectivity index (χ2v) is 5.59. The van der Waals surface area contributed by atoms with E-state index in [2.05, 4.69) is 15.3 Å². The van der Waals surface area contributed by atoms with Crippen LogP contribution in [0.3, 0.4) is 0 Å². The molecule has 3 N–H and O–H groups in total. The number of nitrogens with two attached hydrogens (primary N) is 1. The van der Waals surface area contributed by atoms with E-state index in [1.54, 1.807) is 24.3 Å². The van der Waals surface area contributed by atoms with Gasteiger partial charge in [0.05, 0.1) is 7.11 Å². The third-order valence-electron chi connectivity index (χ3n) is 3.21. The summed E-state index contributed by atoms with van der Waals surface area (Å²) < 4.78 is 5.22. The van der Waals surface area contributed by atoms with Gasteiger partial charge in [-0.3, -0.25) is 5.32 Å². The first-order chi connectivity index (χ1) is 9.67. The van der Waals surface area contributed by atoms with Gasteiger partial charge in [0.2, 0.25) is 0 Å². The van der Waals surface area contributed by atoms with Crippen molar-refractivity contribution in [2.75, 3.05) is 25.5 Å². The second kappa shape index (κ2) is 5.22. The zero-order valence-electron chi connectivity index (χ0n) is 11.0. The summed E-state index contributed by atoms with van der Waals surface area (Å²) in [5.74, 6) is 0.648. The molecule has 106 valence electrons. The lowest BCUT2D eigenvalue weighted by Gasteiger charge is -2.15. The summed E-state index contributed by atoms with van der Waals surface area (Å²) in [6.07, 6.45) is 2.49. The molecule has 7 nitrogen and oxygen atoms in total. The van der Waals surface area contributed by atoms with Gasteiger partial charge in [0.1, 0.15) is 16.1 Å². The van der Waals surface area contributed by atoms with Gasteiger partial charge in [0.15, 0.2) is 5.13 Å². The molecule has 2 aromatic heterocycles. The van der Waals surface area contributed by atoms with Crippen molar-refractivity contribution in [3.05, 3.63) is 12.3 Å². The topological polar surface area (TPSA) is 93.4 Å². The number of carbonyl (C=O) groups is 1. The molecule has 1 aliphatic rings. The highest BCUT2D eigenvalue weighted by atomic mass is 32.1. The van der Waals surface area contributed by atoms with Crippen LogP contribution in [0.25, 0.3) is 10.3 Å². The van der Waals surface area contributed by atoms with E-state index in [9.17, 15) is 4.79 Å². The Morgan fingerprint density at radius 2 is 2.50 bits per heavy atom. The number of methoxy groups -OCH3 is 1. The number of amides is 2. The van der Waals surface area contributed by atoms with Gasteiger partial charge in [-0.2, -0.15) is 0 Å². The van der Waals surface area contributed by atoms with Gasteiger partial charge in [-0.15, -0.1) is 0 Å². The van der Waals surface area contributed by atoms with Gasteiger partial charge in [-0.1, -0.05) is 11.3 Å². The number of aromatic nitrogens is 2. The van der Waals surface area contributed by atoms with E-state index in [-0.39, 0.29) is 12.1 Å². The van der Waals surface area contributed by atoms with Crippen LogP contribution >= 0.6 is 11.3 Å². The van der Waals surface area contributed by atoms with Gasteiger partial charge in [0.25, 0.3) is 0 Å². The zero-order valence-corrected chi connectivity index (χ0v) is 11.8. The van der Waals surface area contributed by atoms with Crippen molar-refractivity contribution in [1.29, 1.82) is 0 Å². The maximum Gasteiger partial charge on any atom is 0.323 e. The molecule has 3 rings (SSSR count). The highest BCUT2D eigenvalue weighted by molar-refractivity contribution is 7.22. The summed E-state index contributed by atoms with van der Waals surface area (Å²) in [6, 6.07) is 1.64. The van der Waals surface area contributed by atoms with E-state index in [1.165, 1.54) is 11.3 Å². The van der Waals surface area contributed by atoms with Crippen molar-refractivity contribution in [3.8, 4) is 5.75 Å². The Hall–Kier alpha value is -1.93. The van der Waals surface area contributed by atoms with Crippen LogP contribution in [0.5, 0.6) is 5.75 Å². The summed E-state index contributed by atoms with van der Waals surface area (Å²) >= 11 is 1.32. The lowest BCUT2D eigenvalue weighted by molar-refractivity contribution is 0.222. The molecule has 3 heterocycles. The molecular weight excluding hydrogens is 278 g/mol. The number of thiazole rings is 1. The van der Waals surface area contributed by atoms with Gasteiger partial charge < -0.3 is 15.4 Å². The highest BCUT2D eigenvalue weighted by Gasteiger charge is 2.24. The number of likely N-dealkylation sites (tertiary alicyclic amines) is 1. The maximum atomic E-state index is 12.1. The molecular formula is C12H15N5O2S. The van der Waals surface area contributed by atoms with Gasteiger partial charge in [0, 0.05) is 31.4 Å². The fraction of sp³-hybridized carbons (Fsp3) is 0.417. The van der Waals surface area contributed by atoms with Crippen LogP contribution < -0.4 is 15.8 Å². The van der Waals surface area contributed by atoms with Crippen molar-refractivity contribution >= 4 is 32.8 Å². The maximum absolute atomic E-state index is 12.1. The number of anilines is 1. The van der Waals surface area contributed by atoms with E-state index in [0.717, 1.165) is 11.3 Å². The third kappa shape index (κ3) is 2.39. The Labute approximate surface area is 119 Å². The van der Waals surface area contributed by atoms with E-state index < -0.39 is 0 Å². The number of fused-ring (bicyclic) bond motifs is 1. The minimum Gasteiger partial charge on any atom is -0.494 e. The summed E-state index contributed by atoms with van der Waals surface area (Å²) in [7, 11) is 1.58. The van der Waals surface area contributed by atoms with Crippen molar-refractivity contribution in [1.82, 2.24) is 14.9 Å². The largest absolute Gasteiger partial charge is 0.494 e. The fourth-order valence-electron chi connectivity index (χ4n) is 2.17. The van der Waals surface area contributed by atoms with Crippen LogP contribution in [0.1, 0.15) is 6.42 Å². The first-order valence-electron chi connectivity index (χ1n) is 6.28. The van der Waals surface area contributed by atoms with E-state index in [1.807, 2.05) is 0 Å². The normalized spacial score (nSPS) is 18.5. The Morgan fingerprint density at radius 3 is 3.20 bits per heavy atom. The molecule has 0 saturated carbocycles. The van der Waals surface area contributed by atoms with Gasteiger partial charge >= 0.3 is 6.03 Å². The molecule has 1 saturated heterocycles. The van der Waals surface area contributed by atoms with Crippen molar-refractivity contribution in [2.24, 2.45) is 5.73 Å². The number of carbonyl (C=O) groups excluding carboxylic acids is 1. The summed E-state index contributed by atoms with van der Waals surface area (Å²) in [5, 5.41) is 3.30.